The second-order valence-electron chi connectivity index (χ2n) is 5.94. The third-order valence-electron chi connectivity index (χ3n) is 4.06. The lowest BCUT2D eigenvalue weighted by molar-refractivity contribution is -0.402. The molecule has 0 spiro atoms. The average Bonchev–Trinajstić information content (AvgIpc) is 3.21. The molecule has 0 saturated carbocycles. The third kappa shape index (κ3) is 4.03. The van der Waals surface area contributed by atoms with Gasteiger partial charge >= 0.3 is 5.88 Å². The molecule has 130 valence electrons. The van der Waals surface area contributed by atoms with Gasteiger partial charge in [0.2, 0.25) is 5.91 Å². The van der Waals surface area contributed by atoms with E-state index in [1.54, 1.807) is 4.90 Å². The molecule has 2 heterocycles. The second kappa shape index (κ2) is 7.16. The molecule has 1 N–H and O–H groups in total. The van der Waals surface area contributed by atoms with Crippen molar-refractivity contribution >= 4 is 17.7 Å². The molecule has 0 bridgehead atoms. The van der Waals surface area contributed by atoms with Crippen molar-refractivity contribution in [1.82, 2.24) is 10.2 Å². The lowest BCUT2D eigenvalue weighted by Gasteiger charge is -2.16. The Kier molecular flexibility index (Phi) is 4.78. The van der Waals surface area contributed by atoms with Gasteiger partial charge in [-0.15, -0.1) is 0 Å². The van der Waals surface area contributed by atoms with E-state index in [1.807, 2.05) is 30.3 Å². The van der Waals surface area contributed by atoms with Crippen molar-refractivity contribution in [3.05, 3.63) is 63.9 Å². The van der Waals surface area contributed by atoms with Crippen molar-refractivity contribution in [1.29, 1.82) is 0 Å². The van der Waals surface area contributed by atoms with Gasteiger partial charge in [-0.1, -0.05) is 30.3 Å². The maximum atomic E-state index is 12.1. The zero-order valence-electron chi connectivity index (χ0n) is 13.4. The summed E-state index contributed by atoms with van der Waals surface area (Å²) < 4.78 is 4.85. The molecular formula is C17H17N3O5. The van der Waals surface area contributed by atoms with E-state index in [9.17, 15) is 19.7 Å². The van der Waals surface area contributed by atoms with Crippen LogP contribution in [0.15, 0.2) is 46.9 Å². The van der Waals surface area contributed by atoms with E-state index in [0.29, 0.717) is 26.1 Å². The molecule has 8 nitrogen and oxygen atoms in total. The number of nitro groups is 1. The molecule has 1 atom stereocenters. The number of hydrogen-bond acceptors (Lipinski definition) is 5. The van der Waals surface area contributed by atoms with Crippen LogP contribution in [-0.2, 0) is 11.3 Å². The monoisotopic (exact) mass is 343 g/mol. The fourth-order valence-electron chi connectivity index (χ4n) is 2.82. The van der Waals surface area contributed by atoms with Crippen LogP contribution < -0.4 is 5.32 Å². The molecule has 2 aromatic rings. The maximum absolute atomic E-state index is 12.1. The van der Waals surface area contributed by atoms with Crippen molar-refractivity contribution in [2.75, 3.05) is 13.1 Å². The molecule has 0 radical (unpaired) electrons. The minimum Gasteiger partial charge on any atom is -0.395 e. The smallest absolute Gasteiger partial charge is 0.395 e. The Hall–Kier alpha value is -3.16. The van der Waals surface area contributed by atoms with Crippen LogP contribution in [0.2, 0.25) is 0 Å². The summed E-state index contributed by atoms with van der Waals surface area (Å²) in [6, 6.07) is 12.1. The first kappa shape index (κ1) is 16.7. The summed E-state index contributed by atoms with van der Waals surface area (Å²) >= 11 is 0. The summed E-state index contributed by atoms with van der Waals surface area (Å²) in [5.74, 6) is -1.06. The summed E-state index contributed by atoms with van der Waals surface area (Å²) in [4.78, 5) is 35.7. The van der Waals surface area contributed by atoms with Crippen molar-refractivity contribution in [2.24, 2.45) is 5.92 Å². The number of carbonyl (C=O) groups is 2. The molecule has 1 aromatic carbocycles. The van der Waals surface area contributed by atoms with Crippen LogP contribution in [0, 0.1) is 16.0 Å². The molecule has 1 aliphatic rings. The van der Waals surface area contributed by atoms with E-state index in [0.717, 1.165) is 11.6 Å². The molecule has 1 fully saturated rings. The number of hydrogen-bond donors (Lipinski definition) is 1. The van der Waals surface area contributed by atoms with E-state index in [4.69, 9.17) is 4.42 Å². The zero-order chi connectivity index (χ0) is 17.8. The van der Waals surface area contributed by atoms with Gasteiger partial charge in [-0.25, -0.2) is 0 Å². The number of furan rings is 1. The molecule has 1 saturated heterocycles. The normalized spacial score (nSPS) is 16.9. The SMILES string of the molecule is O=C(NCC1CC(=O)N(Cc2ccccc2)C1)c1ccc([N+](=O)[O-])o1. The van der Waals surface area contributed by atoms with Crippen LogP contribution in [0.4, 0.5) is 5.88 Å². The quantitative estimate of drug-likeness (QED) is 0.637. The van der Waals surface area contributed by atoms with Gasteiger partial charge in [0, 0.05) is 32.0 Å². The van der Waals surface area contributed by atoms with Crippen molar-refractivity contribution < 1.29 is 18.9 Å². The molecule has 0 aliphatic carbocycles. The minimum absolute atomic E-state index is 0.00473. The highest BCUT2D eigenvalue weighted by atomic mass is 16.6. The first-order valence-electron chi connectivity index (χ1n) is 7.87. The fraction of sp³-hybridized carbons (Fsp3) is 0.294. The summed E-state index contributed by atoms with van der Waals surface area (Å²) in [7, 11) is 0. The molecule has 2 amide bonds. The third-order valence-corrected chi connectivity index (χ3v) is 4.06. The Labute approximate surface area is 143 Å². The molecule has 3 rings (SSSR count). The fourth-order valence-corrected chi connectivity index (χ4v) is 2.82. The largest absolute Gasteiger partial charge is 0.433 e. The number of likely N-dealkylation sites (tertiary alicyclic amines) is 1. The summed E-state index contributed by atoms with van der Waals surface area (Å²) in [5.41, 5.74) is 1.06. The molecular weight excluding hydrogens is 326 g/mol. The Balaban J connectivity index is 1.51. The number of nitrogens with one attached hydrogen (secondary N) is 1. The summed E-state index contributed by atoms with van der Waals surface area (Å²) in [6.45, 7) is 1.42. The predicted octanol–water partition coefficient (Wildman–Crippen LogP) is 1.97. The van der Waals surface area contributed by atoms with Gasteiger partial charge in [-0.3, -0.25) is 19.7 Å². The first-order valence-corrected chi connectivity index (χ1v) is 7.87. The van der Waals surface area contributed by atoms with E-state index < -0.39 is 16.7 Å². The Morgan fingerprint density at radius 3 is 2.72 bits per heavy atom. The molecule has 8 heteroatoms. The average molecular weight is 343 g/mol. The lowest BCUT2D eigenvalue weighted by Crippen LogP contribution is -2.31. The van der Waals surface area contributed by atoms with Gasteiger partial charge in [0.25, 0.3) is 5.91 Å². The zero-order valence-corrected chi connectivity index (χ0v) is 13.4. The van der Waals surface area contributed by atoms with Crippen LogP contribution in [-0.4, -0.2) is 34.7 Å². The number of nitrogens with zero attached hydrogens (tertiary/aromatic N) is 2. The molecule has 25 heavy (non-hydrogen) atoms. The van der Waals surface area contributed by atoms with Crippen LogP contribution in [0.5, 0.6) is 0 Å². The van der Waals surface area contributed by atoms with Gasteiger partial charge in [-0.2, -0.15) is 0 Å². The van der Waals surface area contributed by atoms with Gasteiger partial charge < -0.3 is 14.6 Å². The first-order chi connectivity index (χ1) is 12.0. The van der Waals surface area contributed by atoms with E-state index in [2.05, 4.69) is 5.32 Å². The Morgan fingerprint density at radius 1 is 1.28 bits per heavy atom. The minimum atomic E-state index is -0.701. The van der Waals surface area contributed by atoms with Crippen molar-refractivity contribution in [3.63, 3.8) is 0 Å². The van der Waals surface area contributed by atoms with E-state index >= 15 is 0 Å². The summed E-state index contributed by atoms with van der Waals surface area (Å²) in [6.07, 6.45) is 0.366. The second-order valence-corrected chi connectivity index (χ2v) is 5.94. The van der Waals surface area contributed by atoms with Gasteiger partial charge in [0.05, 0.1) is 6.07 Å². The molecule has 1 unspecified atom stereocenters. The topological polar surface area (TPSA) is 106 Å². The number of rotatable bonds is 6. The molecule has 1 aromatic heterocycles. The van der Waals surface area contributed by atoms with Gasteiger partial charge in [0.15, 0.2) is 5.76 Å². The van der Waals surface area contributed by atoms with Crippen molar-refractivity contribution in [3.8, 4) is 0 Å². The van der Waals surface area contributed by atoms with Gasteiger partial charge in [-0.05, 0) is 11.6 Å². The molecule has 1 aliphatic heterocycles. The van der Waals surface area contributed by atoms with E-state index in [1.165, 1.54) is 6.07 Å². The van der Waals surface area contributed by atoms with Gasteiger partial charge in [0.1, 0.15) is 4.92 Å². The Bertz CT molecular complexity index is 787. The number of carbonyl (C=O) groups excluding carboxylic acids is 2. The lowest BCUT2D eigenvalue weighted by atomic mass is 10.1. The van der Waals surface area contributed by atoms with Crippen molar-refractivity contribution in [2.45, 2.75) is 13.0 Å². The standard InChI is InChI=1S/C17H17N3O5/c21-15-8-13(11-19(15)10-12-4-2-1-3-5-12)9-18-17(22)14-6-7-16(25-14)20(23)24/h1-7,13H,8-11H2,(H,18,22). The predicted molar refractivity (Wildman–Crippen MR) is 87.7 cm³/mol. The Morgan fingerprint density at radius 2 is 2.04 bits per heavy atom. The maximum Gasteiger partial charge on any atom is 0.433 e. The summed E-state index contributed by atoms with van der Waals surface area (Å²) in [5, 5.41) is 13.2. The van der Waals surface area contributed by atoms with Crippen LogP contribution in [0.3, 0.4) is 0 Å². The van der Waals surface area contributed by atoms with Crippen LogP contribution in [0.1, 0.15) is 22.5 Å². The van der Waals surface area contributed by atoms with E-state index in [-0.39, 0.29) is 17.6 Å². The number of amides is 2. The highest BCUT2D eigenvalue weighted by molar-refractivity contribution is 5.91. The highest BCUT2D eigenvalue weighted by Crippen LogP contribution is 2.20. The van der Waals surface area contributed by atoms with Crippen LogP contribution >= 0.6 is 0 Å². The number of benzene rings is 1. The van der Waals surface area contributed by atoms with Crippen LogP contribution in [0.25, 0.3) is 0 Å². The highest BCUT2D eigenvalue weighted by Gasteiger charge is 2.30.